The summed E-state index contributed by atoms with van der Waals surface area (Å²) in [5.41, 5.74) is 0.848. The van der Waals surface area contributed by atoms with Crippen molar-refractivity contribution < 1.29 is 14.7 Å². The largest absolute Gasteiger partial charge is 0.480 e. The van der Waals surface area contributed by atoms with Crippen molar-refractivity contribution in [1.82, 2.24) is 4.90 Å². The van der Waals surface area contributed by atoms with Crippen molar-refractivity contribution in [2.24, 2.45) is 0 Å². The minimum atomic E-state index is -0.879. The molecule has 0 heterocycles. The Morgan fingerprint density at radius 3 is 2.23 bits per heavy atom. The molecule has 120 valence electrons. The Morgan fingerprint density at radius 1 is 1.18 bits per heavy atom. The molecule has 1 aromatic carbocycles. The fraction of sp³-hybridized carbons (Fsp3) is 0.529. The highest BCUT2D eigenvalue weighted by Crippen LogP contribution is 2.29. The lowest BCUT2D eigenvalue weighted by Gasteiger charge is -2.31. The van der Waals surface area contributed by atoms with Gasteiger partial charge in [-0.2, -0.15) is 0 Å². The van der Waals surface area contributed by atoms with Gasteiger partial charge in [-0.3, -0.25) is 14.5 Å². The van der Waals surface area contributed by atoms with Gasteiger partial charge in [-0.25, -0.2) is 0 Å². The predicted molar refractivity (Wildman–Crippen MR) is 85.9 cm³/mol. The molecule has 0 spiro atoms. The Bertz CT molecular complexity index is 526. The van der Waals surface area contributed by atoms with E-state index in [1.165, 1.54) is 0 Å². The second-order valence-corrected chi connectivity index (χ2v) is 6.11. The van der Waals surface area contributed by atoms with Crippen LogP contribution in [-0.2, 0) is 9.59 Å². The SMILES string of the molecule is CC(C)N(C(=O)CN(C1CC1)C(C)C(=O)O)c1ccccc1. The molecule has 0 aromatic heterocycles. The van der Waals surface area contributed by atoms with Crippen molar-refractivity contribution in [1.29, 1.82) is 0 Å². The van der Waals surface area contributed by atoms with Gasteiger partial charge in [-0.05, 0) is 45.7 Å². The Kier molecular flexibility index (Phi) is 5.19. The lowest BCUT2D eigenvalue weighted by Crippen LogP contribution is -2.49. The number of hydrogen-bond acceptors (Lipinski definition) is 3. The topological polar surface area (TPSA) is 60.9 Å². The lowest BCUT2D eigenvalue weighted by atomic mass is 10.2. The summed E-state index contributed by atoms with van der Waals surface area (Å²) in [6, 6.07) is 9.12. The van der Waals surface area contributed by atoms with Crippen LogP contribution in [0.1, 0.15) is 33.6 Å². The lowest BCUT2D eigenvalue weighted by molar-refractivity contribution is -0.143. The number of hydrogen-bond donors (Lipinski definition) is 1. The van der Waals surface area contributed by atoms with E-state index in [1.54, 1.807) is 11.8 Å². The van der Waals surface area contributed by atoms with E-state index in [9.17, 15) is 14.7 Å². The zero-order valence-corrected chi connectivity index (χ0v) is 13.4. The predicted octanol–water partition coefficient (Wildman–Crippen LogP) is 2.37. The molecule has 2 rings (SSSR count). The summed E-state index contributed by atoms with van der Waals surface area (Å²) in [6.45, 7) is 5.72. The van der Waals surface area contributed by atoms with Gasteiger partial charge in [-0.1, -0.05) is 18.2 Å². The molecule has 1 fully saturated rings. The maximum Gasteiger partial charge on any atom is 0.320 e. The van der Waals surface area contributed by atoms with Crippen LogP contribution in [0.25, 0.3) is 0 Å². The number of carbonyl (C=O) groups is 2. The van der Waals surface area contributed by atoms with Gasteiger partial charge < -0.3 is 10.0 Å². The molecule has 0 saturated heterocycles. The quantitative estimate of drug-likeness (QED) is 0.840. The number of carboxylic acid groups (broad SMARTS) is 1. The first-order chi connectivity index (χ1) is 10.4. The second-order valence-electron chi connectivity index (χ2n) is 6.11. The first kappa shape index (κ1) is 16.5. The summed E-state index contributed by atoms with van der Waals surface area (Å²) in [5, 5.41) is 9.24. The van der Waals surface area contributed by atoms with E-state index < -0.39 is 12.0 Å². The van der Waals surface area contributed by atoms with Crippen molar-refractivity contribution in [3.63, 3.8) is 0 Å². The maximum atomic E-state index is 12.7. The molecule has 1 saturated carbocycles. The number of para-hydroxylation sites is 1. The van der Waals surface area contributed by atoms with Crippen LogP contribution in [0.4, 0.5) is 5.69 Å². The highest BCUT2D eigenvalue weighted by molar-refractivity contribution is 5.95. The highest BCUT2D eigenvalue weighted by atomic mass is 16.4. The maximum absolute atomic E-state index is 12.7. The third-order valence-electron chi connectivity index (χ3n) is 4.01. The van der Waals surface area contributed by atoms with E-state index in [4.69, 9.17) is 0 Å². The van der Waals surface area contributed by atoms with Crippen molar-refractivity contribution in [3.8, 4) is 0 Å². The highest BCUT2D eigenvalue weighted by Gasteiger charge is 2.37. The number of aliphatic carboxylic acids is 1. The number of rotatable bonds is 7. The van der Waals surface area contributed by atoms with Crippen LogP contribution < -0.4 is 4.90 Å². The summed E-state index contributed by atoms with van der Waals surface area (Å²) in [4.78, 5) is 27.6. The van der Waals surface area contributed by atoms with Gasteiger partial charge in [0.15, 0.2) is 0 Å². The van der Waals surface area contributed by atoms with Gasteiger partial charge in [0, 0.05) is 17.8 Å². The molecule has 0 aliphatic heterocycles. The zero-order valence-electron chi connectivity index (χ0n) is 13.4. The molecule has 5 heteroatoms. The van der Waals surface area contributed by atoms with Crippen LogP contribution in [-0.4, -0.2) is 46.6 Å². The average molecular weight is 304 g/mol. The van der Waals surface area contributed by atoms with Gasteiger partial charge in [-0.15, -0.1) is 0 Å². The number of benzene rings is 1. The molecule has 1 N–H and O–H groups in total. The van der Waals surface area contributed by atoms with Gasteiger partial charge in [0.25, 0.3) is 0 Å². The summed E-state index contributed by atoms with van der Waals surface area (Å²) in [6.07, 6.45) is 1.94. The molecular weight excluding hydrogens is 280 g/mol. The van der Waals surface area contributed by atoms with E-state index in [0.717, 1.165) is 18.5 Å². The molecule has 0 radical (unpaired) electrons. The van der Waals surface area contributed by atoms with Crippen LogP contribution >= 0.6 is 0 Å². The molecule has 1 unspecified atom stereocenters. The van der Waals surface area contributed by atoms with E-state index in [1.807, 2.05) is 49.1 Å². The van der Waals surface area contributed by atoms with Crippen molar-refractivity contribution >= 4 is 17.6 Å². The summed E-state index contributed by atoms with van der Waals surface area (Å²) >= 11 is 0. The van der Waals surface area contributed by atoms with Gasteiger partial charge in [0.2, 0.25) is 5.91 Å². The molecule has 1 aromatic rings. The average Bonchev–Trinajstić information content (AvgIpc) is 3.29. The number of nitrogens with zero attached hydrogens (tertiary/aromatic N) is 2. The van der Waals surface area contributed by atoms with Crippen LogP contribution in [0.2, 0.25) is 0 Å². The molecule has 22 heavy (non-hydrogen) atoms. The third-order valence-corrected chi connectivity index (χ3v) is 4.01. The number of carboxylic acids is 1. The number of anilines is 1. The zero-order chi connectivity index (χ0) is 16.3. The third kappa shape index (κ3) is 3.85. The summed E-state index contributed by atoms with van der Waals surface area (Å²) < 4.78 is 0. The van der Waals surface area contributed by atoms with Gasteiger partial charge in [0.05, 0.1) is 6.54 Å². The number of carbonyl (C=O) groups excluding carboxylic acids is 1. The smallest absolute Gasteiger partial charge is 0.320 e. The van der Waals surface area contributed by atoms with Crippen molar-refractivity contribution in [3.05, 3.63) is 30.3 Å². The standard InChI is InChI=1S/C17H24N2O3/c1-12(2)19(15-7-5-4-6-8-15)16(20)11-18(14-9-10-14)13(3)17(21)22/h4-8,12-14H,9-11H2,1-3H3,(H,21,22). The van der Waals surface area contributed by atoms with Gasteiger partial charge >= 0.3 is 5.97 Å². The van der Waals surface area contributed by atoms with Crippen molar-refractivity contribution in [2.75, 3.05) is 11.4 Å². The van der Waals surface area contributed by atoms with E-state index in [-0.39, 0.29) is 24.5 Å². The monoisotopic (exact) mass is 304 g/mol. The van der Waals surface area contributed by atoms with E-state index >= 15 is 0 Å². The number of amides is 1. The Balaban J connectivity index is 2.15. The Labute approximate surface area is 131 Å². The fourth-order valence-electron chi connectivity index (χ4n) is 2.68. The summed E-state index contributed by atoms with van der Waals surface area (Å²) in [5.74, 6) is -0.934. The molecule has 0 bridgehead atoms. The molecule has 5 nitrogen and oxygen atoms in total. The van der Waals surface area contributed by atoms with Crippen molar-refractivity contribution in [2.45, 2.75) is 51.7 Å². The fourth-order valence-corrected chi connectivity index (χ4v) is 2.68. The molecule has 1 aliphatic carbocycles. The minimum absolute atomic E-state index is 0.0242. The molecule has 1 amide bonds. The first-order valence-corrected chi connectivity index (χ1v) is 7.77. The first-order valence-electron chi connectivity index (χ1n) is 7.77. The van der Waals surface area contributed by atoms with E-state index in [2.05, 4.69) is 0 Å². The van der Waals surface area contributed by atoms with E-state index in [0.29, 0.717) is 0 Å². The second kappa shape index (κ2) is 6.92. The molecule has 1 atom stereocenters. The molecule has 1 aliphatic rings. The Hall–Kier alpha value is -1.88. The minimum Gasteiger partial charge on any atom is -0.480 e. The van der Waals surface area contributed by atoms with Crippen LogP contribution in [0.3, 0.4) is 0 Å². The Morgan fingerprint density at radius 2 is 1.77 bits per heavy atom. The van der Waals surface area contributed by atoms with Gasteiger partial charge in [0.1, 0.15) is 6.04 Å². The molecular formula is C17H24N2O3. The van der Waals surface area contributed by atoms with Crippen LogP contribution in [0.15, 0.2) is 30.3 Å². The van der Waals surface area contributed by atoms with Crippen LogP contribution in [0.5, 0.6) is 0 Å². The normalized spacial score (nSPS) is 15.9. The van der Waals surface area contributed by atoms with Crippen LogP contribution in [0, 0.1) is 0 Å². The summed E-state index contributed by atoms with van der Waals surface area (Å²) in [7, 11) is 0.